The molecule has 0 aliphatic heterocycles. The first-order chi connectivity index (χ1) is 8.24. The smallest absolute Gasteiger partial charge is 0.130 e. The monoisotopic (exact) mass is 293 g/mol. The van der Waals surface area contributed by atoms with Crippen molar-refractivity contribution in [3.63, 3.8) is 0 Å². The maximum absolute atomic E-state index is 9.29. The lowest BCUT2D eigenvalue weighted by atomic mass is 10.3. The van der Waals surface area contributed by atoms with E-state index in [1.54, 1.807) is 30.6 Å². The first-order valence-corrected chi connectivity index (χ1v) is 6.03. The average molecular weight is 294 g/mol. The van der Waals surface area contributed by atoms with Crippen LogP contribution in [0.2, 0.25) is 0 Å². The summed E-state index contributed by atoms with van der Waals surface area (Å²) in [6, 6.07) is 7.03. The van der Waals surface area contributed by atoms with Crippen LogP contribution < -0.4 is 5.32 Å². The van der Waals surface area contributed by atoms with Gasteiger partial charge in [-0.05, 0) is 28.1 Å². The Hall–Kier alpha value is -1.62. The molecule has 2 aromatic rings. The maximum atomic E-state index is 9.29. The van der Waals surface area contributed by atoms with Gasteiger partial charge in [0.05, 0.1) is 4.47 Å². The predicted molar refractivity (Wildman–Crippen MR) is 70.0 cm³/mol. The van der Waals surface area contributed by atoms with Gasteiger partial charge in [0, 0.05) is 37.1 Å². The molecule has 5 heteroatoms. The van der Waals surface area contributed by atoms with Crippen LogP contribution in [0, 0.1) is 0 Å². The summed E-state index contributed by atoms with van der Waals surface area (Å²) in [4.78, 5) is 8.36. The second-order valence-corrected chi connectivity index (χ2v) is 4.46. The Morgan fingerprint density at radius 3 is 2.71 bits per heavy atom. The number of phenols is 1. The molecule has 88 valence electrons. The topological polar surface area (TPSA) is 58.0 Å². The summed E-state index contributed by atoms with van der Waals surface area (Å²) in [6.07, 6.45) is 4.20. The first-order valence-electron chi connectivity index (χ1n) is 5.23. The fourth-order valence-corrected chi connectivity index (χ4v) is 1.61. The van der Waals surface area contributed by atoms with E-state index in [1.165, 1.54) is 0 Å². The van der Waals surface area contributed by atoms with Gasteiger partial charge >= 0.3 is 0 Å². The number of aromatic nitrogens is 2. The van der Waals surface area contributed by atoms with Crippen molar-refractivity contribution in [1.82, 2.24) is 9.97 Å². The van der Waals surface area contributed by atoms with Gasteiger partial charge in [0.2, 0.25) is 0 Å². The van der Waals surface area contributed by atoms with Gasteiger partial charge in [-0.1, -0.05) is 6.07 Å². The highest BCUT2D eigenvalue weighted by atomic mass is 79.9. The van der Waals surface area contributed by atoms with E-state index in [9.17, 15) is 5.11 Å². The minimum absolute atomic E-state index is 0.259. The molecule has 17 heavy (non-hydrogen) atoms. The number of halogens is 1. The summed E-state index contributed by atoms with van der Waals surface area (Å²) in [7, 11) is 0. The van der Waals surface area contributed by atoms with Crippen molar-refractivity contribution < 1.29 is 5.11 Å². The number of aromatic hydroxyl groups is 1. The number of nitrogens with zero attached hydrogens (tertiary/aromatic N) is 2. The Bertz CT molecular complexity index is 487. The van der Waals surface area contributed by atoms with Crippen LogP contribution in [0.1, 0.15) is 5.82 Å². The van der Waals surface area contributed by atoms with Crippen LogP contribution in [0.5, 0.6) is 5.75 Å². The van der Waals surface area contributed by atoms with Crippen LogP contribution in [0.15, 0.2) is 41.1 Å². The van der Waals surface area contributed by atoms with Crippen molar-refractivity contribution >= 4 is 21.6 Å². The molecule has 2 rings (SSSR count). The van der Waals surface area contributed by atoms with Gasteiger partial charge in [-0.2, -0.15) is 0 Å². The Morgan fingerprint density at radius 1 is 1.24 bits per heavy atom. The number of anilines is 1. The molecule has 0 aliphatic carbocycles. The molecule has 1 aromatic carbocycles. The SMILES string of the molecule is Oc1cccc(NCCc2ncc(Br)cn2)c1. The van der Waals surface area contributed by atoms with Crippen molar-refractivity contribution in [2.24, 2.45) is 0 Å². The summed E-state index contributed by atoms with van der Waals surface area (Å²) in [5, 5.41) is 12.5. The van der Waals surface area contributed by atoms with Crippen molar-refractivity contribution in [3.8, 4) is 5.75 Å². The van der Waals surface area contributed by atoms with E-state index in [4.69, 9.17) is 0 Å². The lowest BCUT2D eigenvalue weighted by Gasteiger charge is -2.05. The molecule has 4 nitrogen and oxygen atoms in total. The van der Waals surface area contributed by atoms with E-state index < -0.39 is 0 Å². The maximum Gasteiger partial charge on any atom is 0.130 e. The average Bonchev–Trinajstić information content (AvgIpc) is 2.32. The lowest BCUT2D eigenvalue weighted by molar-refractivity contribution is 0.475. The van der Waals surface area contributed by atoms with Gasteiger partial charge < -0.3 is 10.4 Å². The lowest BCUT2D eigenvalue weighted by Crippen LogP contribution is -2.07. The zero-order valence-corrected chi connectivity index (χ0v) is 10.7. The fraction of sp³-hybridized carbons (Fsp3) is 0.167. The van der Waals surface area contributed by atoms with Crippen molar-refractivity contribution in [2.75, 3.05) is 11.9 Å². The molecule has 0 radical (unpaired) electrons. The Balaban J connectivity index is 1.85. The van der Waals surface area contributed by atoms with Crippen LogP contribution >= 0.6 is 15.9 Å². The highest BCUT2D eigenvalue weighted by molar-refractivity contribution is 9.10. The fourth-order valence-electron chi connectivity index (χ4n) is 1.40. The Kier molecular flexibility index (Phi) is 3.93. The molecule has 0 atom stereocenters. The molecule has 0 amide bonds. The largest absolute Gasteiger partial charge is 0.508 e. The van der Waals surface area contributed by atoms with Crippen LogP contribution in [0.4, 0.5) is 5.69 Å². The third-order valence-electron chi connectivity index (χ3n) is 2.20. The number of phenolic OH excluding ortho intramolecular Hbond substituents is 1. The third kappa shape index (κ3) is 3.71. The molecule has 0 unspecified atom stereocenters. The molecule has 0 bridgehead atoms. The van der Waals surface area contributed by atoms with E-state index in [0.717, 1.165) is 29.0 Å². The van der Waals surface area contributed by atoms with Crippen LogP contribution in [0.25, 0.3) is 0 Å². The summed E-state index contributed by atoms with van der Waals surface area (Å²) in [5.41, 5.74) is 0.891. The second kappa shape index (κ2) is 5.63. The van der Waals surface area contributed by atoms with E-state index in [2.05, 4.69) is 31.2 Å². The van der Waals surface area contributed by atoms with Gasteiger partial charge in [-0.15, -0.1) is 0 Å². The van der Waals surface area contributed by atoms with Gasteiger partial charge in [-0.3, -0.25) is 0 Å². The molecule has 0 aliphatic rings. The quantitative estimate of drug-likeness (QED) is 0.910. The normalized spacial score (nSPS) is 10.2. The van der Waals surface area contributed by atoms with Crippen molar-refractivity contribution in [3.05, 3.63) is 47.0 Å². The standard InChI is InChI=1S/C12H12BrN3O/c13-9-7-15-12(16-8-9)4-5-14-10-2-1-3-11(17)6-10/h1-3,6-8,14,17H,4-5H2. The summed E-state index contributed by atoms with van der Waals surface area (Å²) in [5.74, 6) is 1.05. The van der Waals surface area contributed by atoms with E-state index in [0.29, 0.717) is 0 Å². The predicted octanol–water partition coefficient (Wildman–Crippen LogP) is 2.60. The van der Waals surface area contributed by atoms with Crippen molar-refractivity contribution in [1.29, 1.82) is 0 Å². The number of benzene rings is 1. The van der Waals surface area contributed by atoms with Gasteiger partial charge in [0.25, 0.3) is 0 Å². The minimum Gasteiger partial charge on any atom is -0.508 e. The highest BCUT2D eigenvalue weighted by Crippen LogP contribution is 2.15. The zero-order valence-electron chi connectivity index (χ0n) is 9.10. The third-order valence-corrected chi connectivity index (χ3v) is 2.61. The molecule has 1 aromatic heterocycles. The van der Waals surface area contributed by atoms with E-state index in [1.807, 2.05) is 6.07 Å². The zero-order chi connectivity index (χ0) is 12.1. The molecule has 0 saturated carbocycles. The molecule has 0 spiro atoms. The van der Waals surface area contributed by atoms with E-state index >= 15 is 0 Å². The molecule has 2 N–H and O–H groups in total. The Labute approximate surface area is 108 Å². The molecular weight excluding hydrogens is 282 g/mol. The number of hydrogen-bond donors (Lipinski definition) is 2. The van der Waals surface area contributed by atoms with Gasteiger partial charge in [-0.25, -0.2) is 9.97 Å². The van der Waals surface area contributed by atoms with Crippen molar-refractivity contribution in [2.45, 2.75) is 6.42 Å². The molecule has 0 fully saturated rings. The van der Waals surface area contributed by atoms with E-state index in [-0.39, 0.29) is 5.75 Å². The number of hydrogen-bond acceptors (Lipinski definition) is 4. The summed E-state index contributed by atoms with van der Waals surface area (Å²) < 4.78 is 0.877. The molecular formula is C12H12BrN3O. The minimum atomic E-state index is 0.259. The van der Waals surface area contributed by atoms with Crippen LogP contribution in [-0.2, 0) is 6.42 Å². The van der Waals surface area contributed by atoms with Gasteiger partial charge in [0.15, 0.2) is 0 Å². The summed E-state index contributed by atoms with van der Waals surface area (Å²) >= 11 is 3.29. The van der Waals surface area contributed by atoms with Crippen LogP contribution in [0.3, 0.4) is 0 Å². The van der Waals surface area contributed by atoms with Crippen LogP contribution in [-0.4, -0.2) is 21.6 Å². The number of nitrogens with one attached hydrogen (secondary N) is 1. The summed E-state index contributed by atoms with van der Waals surface area (Å²) in [6.45, 7) is 0.727. The first kappa shape index (κ1) is 11.9. The highest BCUT2D eigenvalue weighted by Gasteiger charge is 1.97. The molecule has 1 heterocycles. The van der Waals surface area contributed by atoms with Gasteiger partial charge in [0.1, 0.15) is 11.6 Å². The number of rotatable bonds is 4. The second-order valence-electron chi connectivity index (χ2n) is 3.54. The Morgan fingerprint density at radius 2 is 2.00 bits per heavy atom. The molecule has 0 saturated heterocycles.